The van der Waals surface area contributed by atoms with E-state index in [0.29, 0.717) is 17.5 Å². The Morgan fingerprint density at radius 2 is 1.81 bits per heavy atom. The minimum atomic E-state index is -1.07. The first-order valence-electron chi connectivity index (χ1n) is 9.43. The minimum Gasteiger partial charge on any atom is -0.507 e. The third-order valence-electron chi connectivity index (χ3n) is 6.49. The molecule has 1 saturated carbocycles. The highest BCUT2D eigenvalue weighted by Gasteiger charge is 2.52. The molecule has 0 aliphatic heterocycles. The zero-order valence-corrected chi connectivity index (χ0v) is 16.3. The zero-order valence-electron chi connectivity index (χ0n) is 16.3. The van der Waals surface area contributed by atoms with Crippen molar-refractivity contribution in [2.75, 3.05) is 7.11 Å². The van der Waals surface area contributed by atoms with Crippen LogP contribution < -0.4 is 4.74 Å². The lowest BCUT2D eigenvalue weighted by Crippen LogP contribution is -2.50. The number of aliphatic hydroxyl groups is 1. The highest BCUT2D eigenvalue weighted by molar-refractivity contribution is 6.02. The Bertz CT molecular complexity index is 750. The fourth-order valence-corrected chi connectivity index (χ4v) is 5.18. The number of carbonyl (C=O) groups excluding carboxylic acids is 1. The Balaban J connectivity index is 2.27. The molecule has 0 spiro atoms. The van der Waals surface area contributed by atoms with Gasteiger partial charge in [-0.15, -0.1) is 0 Å². The highest BCUT2D eigenvalue weighted by Crippen LogP contribution is 2.55. The molecule has 5 nitrogen and oxygen atoms in total. The molecule has 3 rings (SSSR count). The molecule has 2 aliphatic rings. The molecule has 3 N–H and O–H groups in total. The van der Waals surface area contributed by atoms with Crippen LogP contribution in [0.25, 0.3) is 0 Å². The van der Waals surface area contributed by atoms with E-state index < -0.39 is 5.60 Å². The van der Waals surface area contributed by atoms with Gasteiger partial charge in [-0.3, -0.25) is 4.79 Å². The Morgan fingerprint density at radius 3 is 2.38 bits per heavy atom. The van der Waals surface area contributed by atoms with E-state index in [1.807, 2.05) is 13.8 Å². The van der Waals surface area contributed by atoms with Crippen LogP contribution in [0, 0.1) is 11.3 Å². The molecule has 2 unspecified atom stereocenters. The van der Waals surface area contributed by atoms with Gasteiger partial charge in [-0.05, 0) is 24.2 Å². The van der Waals surface area contributed by atoms with E-state index in [-0.39, 0.29) is 58.7 Å². The van der Waals surface area contributed by atoms with Gasteiger partial charge < -0.3 is 20.1 Å². The normalized spacial score (nSPS) is 27.7. The standard InChI is InChI=1S/C21H30O5/c1-11(2)15-18(24)16-12(17(23)19(15)26-5)10-21(25)8-6-7-20(3,4)14(21)9-13(16)22/h11,14,23-25H,6-10H2,1-5H3. The number of phenols is 2. The van der Waals surface area contributed by atoms with Crippen LogP contribution in [0.2, 0.25) is 0 Å². The van der Waals surface area contributed by atoms with E-state index in [1.165, 1.54) is 7.11 Å². The molecule has 1 aromatic rings. The summed E-state index contributed by atoms with van der Waals surface area (Å²) in [7, 11) is 1.44. The monoisotopic (exact) mass is 362 g/mol. The number of benzene rings is 1. The lowest BCUT2D eigenvalue weighted by atomic mass is 9.59. The molecule has 144 valence electrons. The molecule has 0 heterocycles. The number of methoxy groups -OCH3 is 1. The summed E-state index contributed by atoms with van der Waals surface area (Å²) in [4.78, 5) is 13.1. The summed E-state index contributed by atoms with van der Waals surface area (Å²) in [5.74, 6) is -0.603. The Kier molecular flexibility index (Phi) is 4.50. The lowest BCUT2D eigenvalue weighted by molar-refractivity contribution is -0.0994. The summed E-state index contributed by atoms with van der Waals surface area (Å²) in [5, 5.41) is 33.2. The number of hydrogen-bond acceptors (Lipinski definition) is 5. The van der Waals surface area contributed by atoms with Gasteiger partial charge in [-0.2, -0.15) is 0 Å². The van der Waals surface area contributed by atoms with Crippen molar-refractivity contribution in [3.63, 3.8) is 0 Å². The maximum Gasteiger partial charge on any atom is 0.167 e. The molecule has 2 aliphatic carbocycles. The van der Waals surface area contributed by atoms with Crippen LogP contribution in [0.3, 0.4) is 0 Å². The van der Waals surface area contributed by atoms with Crippen molar-refractivity contribution >= 4 is 5.78 Å². The summed E-state index contributed by atoms with van der Waals surface area (Å²) in [6, 6.07) is 0. The van der Waals surface area contributed by atoms with Crippen molar-refractivity contribution in [2.24, 2.45) is 11.3 Å². The topological polar surface area (TPSA) is 87.0 Å². The predicted octanol–water partition coefficient (Wildman–Crippen LogP) is 3.92. The van der Waals surface area contributed by atoms with Crippen molar-refractivity contribution in [3.8, 4) is 17.2 Å². The fourth-order valence-electron chi connectivity index (χ4n) is 5.18. The van der Waals surface area contributed by atoms with Gasteiger partial charge in [0.2, 0.25) is 0 Å². The molecular formula is C21H30O5. The number of hydrogen-bond donors (Lipinski definition) is 3. The van der Waals surface area contributed by atoms with Crippen LogP contribution in [-0.4, -0.2) is 33.8 Å². The summed E-state index contributed by atoms with van der Waals surface area (Å²) >= 11 is 0. The highest BCUT2D eigenvalue weighted by atomic mass is 16.5. The number of Topliss-reactive ketones (excluding diaryl/α,β-unsaturated/α-hetero) is 1. The first kappa shape index (κ1) is 19.0. The number of ether oxygens (including phenoxy) is 1. The third kappa shape index (κ3) is 2.68. The van der Waals surface area contributed by atoms with E-state index >= 15 is 0 Å². The van der Waals surface area contributed by atoms with Gasteiger partial charge in [0.1, 0.15) is 5.75 Å². The predicted molar refractivity (Wildman–Crippen MR) is 99.1 cm³/mol. The van der Waals surface area contributed by atoms with Crippen LogP contribution in [0.5, 0.6) is 17.2 Å². The number of rotatable bonds is 2. The maximum atomic E-state index is 13.1. The molecular weight excluding hydrogens is 332 g/mol. The molecule has 0 aromatic heterocycles. The number of phenolic OH excluding ortho intramolecular Hbond substituents is 2. The van der Waals surface area contributed by atoms with Crippen LogP contribution in [-0.2, 0) is 6.42 Å². The SMILES string of the molecule is COc1c(O)c2c(c(O)c1C(C)C)C(=O)CC1C(C)(C)CCCC1(O)C2. The number of aromatic hydroxyl groups is 2. The van der Waals surface area contributed by atoms with Gasteiger partial charge in [-0.1, -0.05) is 34.1 Å². The van der Waals surface area contributed by atoms with Gasteiger partial charge in [-0.25, -0.2) is 0 Å². The van der Waals surface area contributed by atoms with Gasteiger partial charge in [0.05, 0.1) is 18.3 Å². The molecule has 0 saturated heterocycles. The van der Waals surface area contributed by atoms with Crippen LogP contribution in [0.4, 0.5) is 0 Å². The third-order valence-corrected chi connectivity index (χ3v) is 6.49. The molecule has 1 fully saturated rings. The van der Waals surface area contributed by atoms with Crippen LogP contribution in [0.1, 0.15) is 80.8 Å². The van der Waals surface area contributed by atoms with Gasteiger partial charge in [0, 0.05) is 29.9 Å². The van der Waals surface area contributed by atoms with E-state index in [1.54, 1.807) is 0 Å². The van der Waals surface area contributed by atoms with Gasteiger partial charge >= 0.3 is 0 Å². The number of ketones is 1. The molecule has 2 atom stereocenters. The van der Waals surface area contributed by atoms with Crippen LogP contribution >= 0.6 is 0 Å². The number of fused-ring (bicyclic) bond motifs is 2. The largest absolute Gasteiger partial charge is 0.507 e. The van der Waals surface area contributed by atoms with E-state index in [2.05, 4.69) is 13.8 Å². The van der Waals surface area contributed by atoms with Crippen molar-refractivity contribution in [1.29, 1.82) is 0 Å². The van der Waals surface area contributed by atoms with Gasteiger partial charge in [0.25, 0.3) is 0 Å². The maximum absolute atomic E-state index is 13.1. The Hall–Kier alpha value is -1.75. The van der Waals surface area contributed by atoms with E-state index in [4.69, 9.17) is 4.74 Å². The molecule has 0 amide bonds. The average molecular weight is 362 g/mol. The molecule has 26 heavy (non-hydrogen) atoms. The van der Waals surface area contributed by atoms with Crippen molar-refractivity contribution in [2.45, 2.75) is 71.3 Å². The Morgan fingerprint density at radius 1 is 1.15 bits per heavy atom. The van der Waals surface area contributed by atoms with Crippen molar-refractivity contribution in [1.82, 2.24) is 0 Å². The van der Waals surface area contributed by atoms with Gasteiger partial charge in [0.15, 0.2) is 17.3 Å². The zero-order chi connectivity index (χ0) is 19.4. The smallest absolute Gasteiger partial charge is 0.167 e. The lowest BCUT2D eigenvalue weighted by Gasteiger charge is -2.48. The van der Waals surface area contributed by atoms with Crippen molar-refractivity contribution < 1.29 is 24.9 Å². The summed E-state index contributed by atoms with van der Waals surface area (Å²) in [6.45, 7) is 7.93. The summed E-state index contributed by atoms with van der Waals surface area (Å²) in [6.07, 6.45) is 2.73. The summed E-state index contributed by atoms with van der Waals surface area (Å²) in [5.41, 5.74) is -0.340. The van der Waals surface area contributed by atoms with Crippen LogP contribution in [0.15, 0.2) is 0 Å². The molecule has 1 aromatic carbocycles. The fraction of sp³-hybridized carbons (Fsp3) is 0.667. The first-order chi connectivity index (χ1) is 12.0. The molecule has 0 bridgehead atoms. The quantitative estimate of drug-likeness (QED) is 0.694. The minimum absolute atomic E-state index is 0.116. The average Bonchev–Trinajstić information content (AvgIpc) is 2.65. The Labute approximate surface area is 155 Å². The van der Waals surface area contributed by atoms with Crippen molar-refractivity contribution in [3.05, 3.63) is 16.7 Å². The molecule has 0 radical (unpaired) electrons. The second-order valence-electron chi connectivity index (χ2n) is 8.95. The number of carbonyl (C=O) groups is 1. The second kappa shape index (κ2) is 6.15. The second-order valence-corrected chi connectivity index (χ2v) is 8.95. The van der Waals surface area contributed by atoms with E-state index in [9.17, 15) is 20.1 Å². The van der Waals surface area contributed by atoms with E-state index in [0.717, 1.165) is 12.8 Å². The summed E-state index contributed by atoms with van der Waals surface area (Å²) < 4.78 is 5.37. The molecule has 5 heteroatoms. The first-order valence-corrected chi connectivity index (χ1v) is 9.43.